The van der Waals surface area contributed by atoms with E-state index >= 15 is 0 Å². The smallest absolute Gasteiger partial charge is 0.263 e. The van der Waals surface area contributed by atoms with Crippen molar-refractivity contribution in [2.75, 3.05) is 17.1 Å². The fourth-order valence-corrected chi connectivity index (χ4v) is 3.56. The first kappa shape index (κ1) is 20.6. The van der Waals surface area contributed by atoms with E-state index in [0.29, 0.717) is 11.4 Å². The lowest BCUT2D eigenvalue weighted by Gasteiger charge is -2.35. The Morgan fingerprint density at radius 1 is 1.27 bits per heavy atom. The molecule has 1 aliphatic heterocycles. The van der Waals surface area contributed by atoms with Crippen molar-refractivity contribution >= 4 is 21.6 Å². The lowest BCUT2D eigenvalue weighted by Crippen LogP contribution is -2.52. The third kappa shape index (κ3) is 4.50. The van der Waals surface area contributed by atoms with Crippen molar-refractivity contribution in [2.45, 2.75) is 59.1 Å². The van der Waals surface area contributed by atoms with Crippen LogP contribution in [0.2, 0.25) is 0 Å². The van der Waals surface area contributed by atoms with Crippen molar-refractivity contribution in [3.05, 3.63) is 23.8 Å². The maximum Gasteiger partial charge on any atom is 0.263 e. The Balaban J connectivity index is 2.39. The van der Waals surface area contributed by atoms with E-state index in [1.165, 1.54) is 4.31 Å². The van der Waals surface area contributed by atoms with Gasteiger partial charge in [-0.1, -0.05) is 40.7 Å². The third-order valence-electron chi connectivity index (χ3n) is 4.76. The number of amides is 1. The zero-order chi connectivity index (χ0) is 19.9. The zero-order valence-electron chi connectivity index (χ0n) is 16.7. The van der Waals surface area contributed by atoms with Gasteiger partial charge in [0.15, 0.2) is 6.10 Å². The van der Waals surface area contributed by atoms with Gasteiger partial charge in [-0.05, 0) is 36.0 Å². The van der Waals surface area contributed by atoms with Crippen molar-refractivity contribution in [3.8, 4) is 5.75 Å². The second kappa shape index (κ2) is 7.10. The number of anilines is 1. The number of carbonyl (C=O) groups excluding carboxylic acids is 1. The van der Waals surface area contributed by atoms with Gasteiger partial charge < -0.3 is 10.1 Å². The van der Waals surface area contributed by atoms with E-state index in [9.17, 15) is 13.2 Å². The SMILES string of the molecule is CC(C)[C@H](C)NC(=O)[C@@H]1CN(S(C)(=O)=O)c2cc(C(C)(C)C)ccc2O1. The number of ether oxygens (including phenoxy) is 1. The normalized spacial score (nSPS) is 18.9. The molecular weight excluding hydrogens is 352 g/mol. The molecule has 1 amide bonds. The highest BCUT2D eigenvalue weighted by atomic mass is 32.2. The van der Waals surface area contributed by atoms with E-state index < -0.39 is 16.1 Å². The summed E-state index contributed by atoms with van der Waals surface area (Å²) < 4.78 is 31.8. The maximum atomic E-state index is 12.6. The molecule has 2 atom stereocenters. The summed E-state index contributed by atoms with van der Waals surface area (Å²) in [6.45, 7) is 12.1. The van der Waals surface area contributed by atoms with E-state index in [-0.39, 0.29) is 29.8 Å². The van der Waals surface area contributed by atoms with Crippen LogP contribution in [0.3, 0.4) is 0 Å². The van der Waals surface area contributed by atoms with Crippen LogP contribution in [0.25, 0.3) is 0 Å². The Kier molecular flexibility index (Phi) is 5.61. The zero-order valence-corrected chi connectivity index (χ0v) is 17.5. The van der Waals surface area contributed by atoms with Crippen molar-refractivity contribution in [1.82, 2.24) is 5.32 Å². The number of sulfonamides is 1. The van der Waals surface area contributed by atoms with Crippen LogP contribution >= 0.6 is 0 Å². The number of carbonyl (C=O) groups is 1. The molecule has 0 bridgehead atoms. The van der Waals surface area contributed by atoms with Gasteiger partial charge in [-0.3, -0.25) is 9.10 Å². The Labute approximate surface area is 157 Å². The van der Waals surface area contributed by atoms with Crippen LogP contribution in [-0.4, -0.2) is 39.3 Å². The molecule has 1 heterocycles. The fraction of sp³-hybridized carbons (Fsp3) is 0.632. The summed E-state index contributed by atoms with van der Waals surface area (Å²) in [6.07, 6.45) is 0.274. The summed E-state index contributed by atoms with van der Waals surface area (Å²) in [5, 5.41) is 2.90. The van der Waals surface area contributed by atoms with Gasteiger partial charge in [0.05, 0.1) is 18.5 Å². The molecule has 0 saturated heterocycles. The highest BCUT2D eigenvalue weighted by molar-refractivity contribution is 7.92. The molecule has 0 aromatic heterocycles. The number of rotatable bonds is 4. The van der Waals surface area contributed by atoms with Crippen LogP contribution in [0.5, 0.6) is 5.75 Å². The number of nitrogens with one attached hydrogen (secondary N) is 1. The van der Waals surface area contributed by atoms with Gasteiger partial charge in [0.25, 0.3) is 5.91 Å². The van der Waals surface area contributed by atoms with Crippen molar-refractivity contribution in [1.29, 1.82) is 0 Å². The predicted octanol–water partition coefficient (Wildman–Crippen LogP) is 2.67. The van der Waals surface area contributed by atoms with Crippen molar-refractivity contribution in [3.63, 3.8) is 0 Å². The molecule has 6 nitrogen and oxygen atoms in total. The van der Waals surface area contributed by atoms with Crippen LogP contribution in [0.15, 0.2) is 18.2 Å². The highest BCUT2D eigenvalue weighted by Gasteiger charge is 2.36. The molecule has 146 valence electrons. The minimum atomic E-state index is -3.54. The van der Waals surface area contributed by atoms with Gasteiger partial charge >= 0.3 is 0 Å². The number of benzene rings is 1. The number of nitrogens with zero attached hydrogens (tertiary/aromatic N) is 1. The van der Waals surface area contributed by atoms with E-state index in [1.807, 2.05) is 32.9 Å². The van der Waals surface area contributed by atoms with E-state index in [4.69, 9.17) is 4.74 Å². The number of hydrogen-bond acceptors (Lipinski definition) is 4. The number of hydrogen-bond donors (Lipinski definition) is 1. The maximum absolute atomic E-state index is 12.6. The first-order chi connectivity index (χ1) is 11.8. The molecule has 0 radical (unpaired) electrons. The molecule has 0 aliphatic carbocycles. The van der Waals surface area contributed by atoms with Gasteiger partial charge in [0, 0.05) is 6.04 Å². The minimum Gasteiger partial charge on any atom is -0.476 e. The number of fused-ring (bicyclic) bond motifs is 1. The molecule has 0 fully saturated rings. The van der Waals surface area contributed by atoms with Crippen LogP contribution in [0.1, 0.15) is 47.1 Å². The van der Waals surface area contributed by atoms with Crippen LogP contribution < -0.4 is 14.4 Å². The molecule has 2 rings (SSSR count). The quantitative estimate of drug-likeness (QED) is 0.869. The average Bonchev–Trinajstić information content (AvgIpc) is 2.51. The summed E-state index contributed by atoms with van der Waals surface area (Å²) in [7, 11) is -3.54. The topological polar surface area (TPSA) is 75.7 Å². The molecule has 0 spiro atoms. The summed E-state index contributed by atoms with van der Waals surface area (Å²) in [5.74, 6) is 0.382. The second-order valence-electron chi connectivity index (χ2n) is 8.37. The predicted molar refractivity (Wildman–Crippen MR) is 104 cm³/mol. The summed E-state index contributed by atoms with van der Waals surface area (Å²) in [6, 6.07) is 5.47. The lowest BCUT2D eigenvalue weighted by molar-refractivity contribution is -0.128. The van der Waals surface area contributed by atoms with E-state index in [2.05, 4.69) is 26.1 Å². The summed E-state index contributed by atoms with van der Waals surface area (Å²) in [5.41, 5.74) is 1.37. The Morgan fingerprint density at radius 2 is 1.88 bits per heavy atom. The molecule has 0 unspecified atom stereocenters. The molecule has 1 N–H and O–H groups in total. The van der Waals surface area contributed by atoms with Crippen LogP contribution in [0.4, 0.5) is 5.69 Å². The fourth-order valence-electron chi connectivity index (χ4n) is 2.65. The Morgan fingerprint density at radius 3 is 2.38 bits per heavy atom. The molecule has 1 aliphatic rings. The largest absolute Gasteiger partial charge is 0.476 e. The minimum absolute atomic E-state index is 0.0255. The van der Waals surface area contributed by atoms with Gasteiger partial charge in [-0.15, -0.1) is 0 Å². The molecule has 0 saturated carbocycles. The lowest BCUT2D eigenvalue weighted by atomic mass is 9.86. The van der Waals surface area contributed by atoms with Crippen LogP contribution in [-0.2, 0) is 20.2 Å². The summed E-state index contributed by atoms with van der Waals surface area (Å²) in [4.78, 5) is 12.6. The molecule has 1 aromatic rings. The van der Waals surface area contributed by atoms with Gasteiger partial charge in [-0.25, -0.2) is 8.42 Å². The van der Waals surface area contributed by atoms with Crippen molar-refractivity contribution < 1.29 is 17.9 Å². The molecular formula is C19H30N2O4S. The van der Waals surface area contributed by atoms with Crippen LogP contribution in [0, 0.1) is 5.92 Å². The molecule has 7 heteroatoms. The summed E-state index contributed by atoms with van der Waals surface area (Å²) >= 11 is 0. The van der Waals surface area contributed by atoms with Gasteiger partial charge in [-0.2, -0.15) is 0 Å². The first-order valence-corrected chi connectivity index (χ1v) is 10.7. The monoisotopic (exact) mass is 382 g/mol. The standard InChI is InChI=1S/C19H30N2O4S/c1-12(2)13(3)20-18(22)17-11-21(26(7,23)24)15-10-14(19(4,5)6)8-9-16(15)25-17/h8-10,12-13,17H,11H2,1-7H3,(H,20,22)/t13-,17-/m0/s1. The van der Waals surface area contributed by atoms with Gasteiger partial charge in [0.2, 0.25) is 10.0 Å². The van der Waals surface area contributed by atoms with E-state index in [1.54, 1.807) is 6.07 Å². The average molecular weight is 383 g/mol. The Hall–Kier alpha value is -1.76. The van der Waals surface area contributed by atoms with Crippen molar-refractivity contribution in [2.24, 2.45) is 5.92 Å². The third-order valence-corrected chi connectivity index (χ3v) is 5.90. The highest BCUT2D eigenvalue weighted by Crippen LogP contribution is 2.38. The molecule has 26 heavy (non-hydrogen) atoms. The second-order valence-corrected chi connectivity index (χ2v) is 10.3. The Bertz CT molecular complexity index is 781. The first-order valence-electron chi connectivity index (χ1n) is 8.90. The van der Waals surface area contributed by atoms with E-state index in [0.717, 1.165) is 11.8 Å². The molecule has 1 aromatic carbocycles. The van der Waals surface area contributed by atoms with Gasteiger partial charge in [0.1, 0.15) is 5.75 Å².